The van der Waals surface area contributed by atoms with E-state index in [-0.39, 0.29) is 41.7 Å². The van der Waals surface area contributed by atoms with Crippen LogP contribution in [-0.4, -0.2) is 82.0 Å². The van der Waals surface area contributed by atoms with Crippen molar-refractivity contribution in [3.63, 3.8) is 0 Å². The van der Waals surface area contributed by atoms with E-state index in [0.717, 1.165) is 12.0 Å². The fourth-order valence-electron chi connectivity index (χ4n) is 6.19. The number of halogens is 1. The maximum atomic E-state index is 13.8. The molecular weight excluding hydrogens is 501 g/mol. The molecule has 0 radical (unpaired) electrons. The fourth-order valence-corrected chi connectivity index (χ4v) is 6.19. The molecule has 4 rings (SSSR count). The summed E-state index contributed by atoms with van der Waals surface area (Å²) in [6.07, 6.45) is 1.23. The summed E-state index contributed by atoms with van der Waals surface area (Å²) < 4.78 is 19.1. The number of ether oxygens (including phenoxy) is 1. The SMILES string of the molecule is CC(C)(C)OC(=O)NC(CN1C[C@@H]2CC1C(=O)N2C(c1ccc(F)cc1)C(C)(C)C)C(=O)N1CCCC1C#N. The van der Waals surface area contributed by atoms with Gasteiger partial charge in [-0.25, -0.2) is 9.18 Å². The zero-order valence-electron chi connectivity index (χ0n) is 23.7. The fraction of sp³-hybridized carbons (Fsp3) is 0.655. The van der Waals surface area contributed by atoms with Crippen LogP contribution in [0.3, 0.4) is 0 Å². The standard InChI is InChI=1S/C29H40FN5O4/c1-28(2,3)24(18-9-11-19(30)12-10-18)35-21-14-23(26(35)37)33(16-21)17-22(32-27(38)39-29(4,5)6)25(36)34-13-7-8-20(34)15-31/h9-12,20-24H,7-8,13-14,16-17H2,1-6H3,(H,32,38)/t20?,21-,22?,23?,24?/m0/s1. The second-order valence-corrected chi connectivity index (χ2v) is 12.9. The second kappa shape index (κ2) is 10.8. The molecule has 3 aliphatic rings. The summed E-state index contributed by atoms with van der Waals surface area (Å²) in [6, 6.07) is 6.28. The van der Waals surface area contributed by atoms with Crippen LogP contribution in [0, 0.1) is 22.6 Å². The lowest BCUT2D eigenvalue weighted by molar-refractivity contribution is -0.144. The minimum absolute atomic E-state index is 0.0324. The van der Waals surface area contributed by atoms with Crippen LogP contribution in [0.25, 0.3) is 0 Å². The maximum absolute atomic E-state index is 13.8. The maximum Gasteiger partial charge on any atom is 0.408 e. The highest BCUT2D eigenvalue weighted by Crippen LogP contribution is 2.45. The lowest BCUT2D eigenvalue weighted by atomic mass is 9.80. The molecule has 10 heteroatoms. The number of hydrogen-bond donors (Lipinski definition) is 1. The summed E-state index contributed by atoms with van der Waals surface area (Å²) in [5.74, 6) is -0.692. The first kappa shape index (κ1) is 28.8. The van der Waals surface area contributed by atoms with E-state index < -0.39 is 29.8 Å². The number of amides is 3. The molecule has 0 spiro atoms. The molecule has 3 heterocycles. The van der Waals surface area contributed by atoms with E-state index in [9.17, 15) is 24.0 Å². The van der Waals surface area contributed by atoms with Gasteiger partial charge in [0.1, 0.15) is 23.5 Å². The minimum atomic E-state index is -0.954. The molecule has 1 aromatic carbocycles. The quantitative estimate of drug-likeness (QED) is 0.590. The van der Waals surface area contributed by atoms with Crippen molar-refractivity contribution in [2.45, 2.75) is 96.6 Å². The Hall–Kier alpha value is -3.19. The summed E-state index contributed by atoms with van der Waals surface area (Å²) >= 11 is 0. The molecule has 4 unspecified atom stereocenters. The lowest BCUT2D eigenvalue weighted by Gasteiger charge is -2.45. The summed E-state index contributed by atoms with van der Waals surface area (Å²) in [6.45, 7) is 12.6. The highest BCUT2D eigenvalue weighted by Gasteiger charge is 2.54. The number of rotatable bonds is 6. The van der Waals surface area contributed by atoms with Gasteiger partial charge in [-0.3, -0.25) is 14.5 Å². The number of carbonyl (C=O) groups is 3. The van der Waals surface area contributed by atoms with E-state index in [2.05, 4.69) is 32.2 Å². The number of fused-ring (bicyclic) bond motifs is 2. The van der Waals surface area contributed by atoms with Crippen LogP contribution in [-0.2, 0) is 14.3 Å². The van der Waals surface area contributed by atoms with Gasteiger partial charge in [0.25, 0.3) is 0 Å². The summed E-state index contributed by atoms with van der Waals surface area (Å²) in [4.78, 5) is 45.4. The highest BCUT2D eigenvalue weighted by molar-refractivity contribution is 5.88. The van der Waals surface area contributed by atoms with Crippen molar-refractivity contribution in [2.75, 3.05) is 19.6 Å². The normalized spacial score (nSPS) is 25.0. The number of nitrogens with zero attached hydrogens (tertiary/aromatic N) is 4. The molecule has 3 fully saturated rings. The predicted molar refractivity (Wildman–Crippen MR) is 143 cm³/mol. The van der Waals surface area contributed by atoms with Crippen LogP contribution < -0.4 is 5.32 Å². The molecular formula is C29H40FN5O4. The molecule has 212 valence electrons. The van der Waals surface area contributed by atoms with Crippen LogP contribution in [0.2, 0.25) is 0 Å². The van der Waals surface area contributed by atoms with Crippen LogP contribution in [0.15, 0.2) is 24.3 Å². The molecule has 2 bridgehead atoms. The van der Waals surface area contributed by atoms with Crippen molar-refractivity contribution < 1.29 is 23.5 Å². The Morgan fingerprint density at radius 3 is 2.41 bits per heavy atom. The molecule has 3 aliphatic heterocycles. The molecule has 3 saturated heterocycles. The Morgan fingerprint density at radius 1 is 1.18 bits per heavy atom. The van der Waals surface area contributed by atoms with Gasteiger partial charge in [0.05, 0.1) is 18.2 Å². The smallest absolute Gasteiger partial charge is 0.408 e. The van der Waals surface area contributed by atoms with Crippen molar-refractivity contribution in [1.29, 1.82) is 5.26 Å². The highest BCUT2D eigenvalue weighted by atomic mass is 19.1. The van der Waals surface area contributed by atoms with Gasteiger partial charge in [-0.15, -0.1) is 0 Å². The van der Waals surface area contributed by atoms with Crippen LogP contribution in [0.4, 0.5) is 9.18 Å². The first-order valence-electron chi connectivity index (χ1n) is 13.7. The predicted octanol–water partition coefficient (Wildman–Crippen LogP) is 3.61. The third-order valence-corrected chi connectivity index (χ3v) is 7.69. The Balaban J connectivity index is 1.54. The van der Waals surface area contributed by atoms with Gasteiger partial charge in [-0.05, 0) is 63.1 Å². The average Bonchev–Trinajstić information content (AvgIpc) is 3.53. The first-order valence-corrected chi connectivity index (χ1v) is 13.7. The Morgan fingerprint density at radius 2 is 1.85 bits per heavy atom. The van der Waals surface area contributed by atoms with Crippen LogP contribution in [0.1, 0.15) is 72.4 Å². The minimum Gasteiger partial charge on any atom is -0.444 e. The van der Waals surface area contributed by atoms with Crippen molar-refractivity contribution in [3.8, 4) is 6.07 Å². The Labute approximate surface area is 230 Å². The average molecular weight is 542 g/mol. The zero-order chi connectivity index (χ0) is 28.7. The number of nitrogens with one attached hydrogen (secondary N) is 1. The van der Waals surface area contributed by atoms with Gasteiger partial charge in [-0.1, -0.05) is 32.9 Å². The summed E-state index contributed by atoms with van der Waals surface area (Å²) in [5, 5.41) is 12.2. The van der Waals surface area contributed by atoms with E-state index in [1.54, 1.807) is 32.9 Å². The van der Waals surface area contributed by atoms with Gasteiger partial charge in [-0.2, -0.15) is 5.26 Å². The van der Waals surface area contributed by atoms with Gasteiger partial charge < -0.3 is 19.9 Å². The molecule has 0 aromatic heterocycles. The molecule has 39 heavy (non-hydrogen) atoms. The van der Waals surface area contributed by atoms with E-state index in [1.807, 2.05) is 9.80 Å². The molecule has 3 amide bonds. The van der Waals surface area contributed by atoms with E-state index in [4.69, 9.17) is 4.74 Å². The van der Waals surface area contributed by atoms with E-state index in [1.165, 1.54) is 17.0 Å². The molecule has 5 atom stereocenters. The van der Waals surface area contributed by atoms with Crippen molar-refractivity contribution in [1.82, 2.24) is 20.0 Å². The second-order valence-electron chi connectivity index (χ2n) is 12.9. The first-order chi connectivity index (χ1) is 18.2. The van der Waals surface area contributed by atoms with Crippen molar-refractivity contribution in [2.24, 2.45) is 5.41 Å². The number of piperazine rings is 1. The number of carbonyl (C=O) groups excluding carboxylic acids is 3. The number of hydrogen-bond acceptors (Lipinski definition) is 6. The summed E-state index contributed by atoms with van der Waals surface area (Å²) in [5.41, 5.74) is -0.152. The Bertz CT molecular complexity index is 1140. The number of benzene rings is 1. The number of nitriles is 1. The number of alkyl carbamates (subject to hydrolysis) is 1. The van der Waals surface area contributed by atoms with E-state index >= 15 is 0 Å². The molecule has 9 nitrogen and oxygen atoms in total. The molecule has 0 saturated carbocycles. The zero-order valence-corrected chi connectivity index (χ0v) is 23.7. The van der Waals surface area contributed by atoms with Gasteiger partial charge in [0, 0.05) is 25.7 Å². The third kappa shape index (κ3) is 6.19. The van der Waals surface area contributed by atoms with Crippen molar-refractivity contribution in [3.05, 3.63) is 35.6 Å². The topological polar surface area (TPSA) is 106 Å². The van der Waals surface area contributed by atoms with Gasteiger partial charge in [0.2, 0.25) is 11.8 Å². The van der Waals surface area contributed by atoms with Gasteiger partial charge in [0.15, 0.2) is 0 Å². The third-order valence-electron chi connectivity index (χ3n) is 7.69. The Kier molecular flexibility index (Phi) is 7.95. The largest absolute Gasteiger partial charge is 0.444 e. The van der Waals surface area contributed by atoms with E-state index in [0.29, 0.717) is 25.9 Å². The lowest BCUT2D eigenvalue weighted by Crippen LogP contribution is -2.59. The molecule has 0 aliphatic carbocycles. The van der Waals surface area contributed by atoms with Crippen LogP contribution >= 0.6 is 0 Å². The monoisotopic (exact) mass is 541 g/mol. The van der Waals surface area contributed by atoms with Crippen molar-refractivity contribution >= 4 is 17.9 Å². The van der Waals surface area contributed by atoms with Gasteiger partial charge >= 0.3 is 6.09 Å². The molecule has 1 aromatic rings. The van der Waals surface area contributed by atoms with Crippen LogP contribution in [0.5, 0.6) is 0 Å². The molecule has 1 N–H and O–H groups in total. The summed E-state index contributed by atoms with van der Waals surface area (Å²) in [7, 11) is 0. The number of likely N-dealkylation sites (tertiary alicyclic amines) is 3.